The molecule has 1 heterocycles. The predicted octanol–water partition coefficient (Wildman–Crippen LogP) is 4.23. The van der Waals surface area contributed by atoms with Crippen molar-refractivity contribution >= 4 is 17.3 Å². The number of nitrogens with zero attached hydrogens (tertiary/aromatic N) is 1. The lowest BCUT2D eigenvalue weighted by Gasteiger charge is -2.40. The third-order valence-corrected chi connectivity index (χ3v) is 4.77. The molecule has 1 aliphatic heterocycles. The molecule has 1 fully saturated rings. The second-order valence-electron chi connectivity index (χ2n) is 7.53. The molecule has 0 saturated carbocycles. The van der Waals surface area contributed by atoms with Crippen LogP contribution in [0.4, 0.5) is 24.5 Å². The fourth-order valence-electron chi connectivity index (χ4n) is 3.14. The van der Waals surface area contributed by atoms with Crippen LogP contribution in [-0.4, -0.2) is 36.5 Å². The number of benzene rings is 2. The van der Waals surface area contributed by atoms with E-state index in [0.717, 1.165) is 12.6 Å². The van der Waals surface area contributed by atoms with Gasteiger partial charge in [0.15, 0.2) is 11.6 Å². The maximum absolute atomic E-state index is 14.5. The summed E-state index contributed by atoms with van der Waals surface area (Å²) in [6.45, 7) is 7.68. The molecular weight excluding hydrogens is 367 g/mol. The third-order valence-electron chi connectivity index (χ3n) is 4.77. The number of anilines is 2. The van der Waals surface area contributed by atoms with E-state index in [4.69, 9.17) is 0 Å². The molecule has 28 heavy (non-hydrogen) atoms. The van der Waals surface area contributed by atoms with Gasteiger partial charge in [-0.25, -0.2) is 13.2 Å². The standard InChI is InChI=1S/C21H24F3N3O/c1-12(2)25-9-14-10-27(11-14)21(28)15-5-6-16(22)19(24)20(15)26-18-7-4-13(3)8-17(18)23/h4-8,12,14,25-26H,9-11H2,1-3H3. The van der Waals surface area contributed by atoms with Crippen LogP contribution < -0.4 is 10.6 Å². The highest BCUT2D eigenvalue weighted by atomic mass is 19.2. The molecule has 2 aromatic carbocycles. The van der Waals surface area contributed by atoms with Crippen LogP contribution in [0.2, 0.25) is 0 Å². The number of hydrogen-bond acceptors (Lipinski definition) is 3. The van der Waals surface area contributed by atoms with E-state index in [-0.39, 0.29) is 16.9 Å². The Hall–Kier alpha value is -2.54. The number of halogens is 3. The van der Waals surface area contributed by atoms with Crippen molar-refractivity contribution in [3.8, 4) is 0 Å². The van der Waals surface area contributed by atoms with Crippen LogP contribution in [0, 0.1) is 30.3 Å². The van der Waals surface area contributed by atoms with Crippen molar-refractivity contribution in [3.63, 3.8) is 0 Å². The summed E-state index contributed by atoms with van der Waals surface area (Å²) in [6.07, 6.45) is 0. The number of rotatable bonds is 6. The zero-order valence-corrected chi connectivity index (χ0v) is 16.2. The maximum Gasteiger partial charge on any atom is 0.256 e. The minimum Gasteiger partial charge on any atom is -0.350 e. The van der Waals surface area contributed by atoms with E-state index < -0.39 is 23.4 Å². The van der Waals surface area contributed by atoms with Crippen molar-refractivity contribution in [1.82, 2.24) is 10.2 Å². The van der Waals surface area contributed by atoms with Crippen LogP contribution >= 0.6 is 0 Å². The molecule has 0 aromatic heterocycles. The molecule has 0 radical (unpaired) electrons. The van der Waals surface area contributed by atoms with E-state index in [0.29, 0.717) is 30.6 Å². The summed E-state index contributed by atoms with van der Waals surface area (Å²) in [4.78, 5) is 14.4. The summed E-state index contributed by atoms with van der Waals surface area (Å²) < 4.78 is 42.4. The van der Waals surface area contributed by atoms with Gasteiger partial charge in [0.25, 0.3) is 5.91 Å². The molecular formula is C21H24F3N3O. The van der Waals surface area contributed by atoms with Gasteiger partial charge in [0.2, 0.25) is 0 Å². The van der Waals surface area contributed by atoms with Gasteiger partial charge in [-0.15, -0.1) is 0 Å². The fourth-order valence-corrected chi connectivity index (χ4v) is 3.14. The van der Waals surface area contributed by atoms with Gasteiger partial charge in [-0.2, -0.15) is 0 Å². The number of carbonyl (C=O) groups is 1. The first-order chi connectivity index (χ1) is 13.3. The molecule has 0 spiro atoms. The van der Waals surface area contributed by atoms with Crippen molar-refractivity contribution < 1.29 is 18.0 Å². The van der Waals surface area contributed by atoms with Gasteiger partial charge in [0.05, 0.1) is 16.9 Å². The highest BCUT2D eigenvalue weighted by Gasteiger charge is 2.33. The topological polar surface area (TPSA) is 44.4 Å². The van der Waals surface area contributed by atoms with Gasteiger partial charge in [-0.1, -0.05) is 19.9 Å². The zero-order valence-electron chi connectivity index (χ0n) is 16.2. The minimum atomic E-state index is -1.20. The number of amides is 1. The van der Waals surface area contributed by atoms with Gasteiger partial charge in [-0.05, 0) is 36.8 Å². The minimum absolute atomic E-state index is 0.0193. The van der Waals surface area contributed by atoms with Crippen molar-refractivity contribution in [2.45, 2.75) is 26.8 Å². The summed E-state index contributed by atoms with van der Waals surface area (Å²) in [5.74, 6) is -3.00. The average Bonchev–Trinajstić information content (AvgIpc) is 2.59. The molecule has 4 nitrogen and oxygen atoms in total. The molecule has 150 valence electrons. The number of carbonyl (C=O) groups excluding carboxylic acids is 1. The molecule has 3 rings (SSSR count). The van der Waals surface area contributed by atoms with E-state index in [1.165, 1.54) is 18.2 Å². The van der Waals surface area contributed by atoms with Crippen LogP contribution in [0.25, 0.3) is 0 Å². The monoisotopic (exact) mass is 391 g/mol. The maximum atomic E-state index is 14.5. The first-order valence-corrected chi connectivity index (χ1v) is 9.30. The molecule has 0 aliphatic carbocycles. The van der Waals surface area contributed by atoms with Crippen molar-refractivity contribution in [2.75, 3.05) is 25.0 Å². The van der Waals surface area contributed by atoms with Gasteiger partial charge in [-0.3, -0.25) is 4.79 Å². The second kappa shape index (κ2) is 8.22. The first-order valence-electron chi connectivity index (χ1n) is 9.30. The van der Waals surface area contributed by atoms with Gasteiger partial charge < -0.3 is 15.5 Å². The summed E-state index contributed by atoms with van der Waals surface area (Å²) in [7, 11) is 0. The Balaban J connectivity index is 1.80. The molecule has 0 bridgehead atoms. The van der Waals surface area contributed by atoms with Crippen LogP contribution in [0.15, 0.2) is 30.3 Å². The van der Waals surface area contributed by atoms with Crippen LogP contribution in [-0.2, 0) is 0 Å². The first kappa shape index (κ1) is 20.2. The Morgan fingerprint density at radius 3 is 2.50 bits per heavy atom. The molecule has 1 aliphatic rings. The quantitative estimate of drug-likeness (QED) is 0.775. The van der Waals surface area contributed by atoms with Gasteiger partial charge >= 0.3 is 0 Å². The number of hydrogen-bond donors (Lipinski definition) is 2. The van der Waals surface area contributed by atoms with Gasteiger partial charge in [0, 0.05) is 31.6 Å². The molecule has 1 amide bonds. The molecule has 0 unspecified atom stereocenters. The van der Waals surface area contributed by atoms with Crippen LogP contribution in [0.5, 0.6) is 0 Å². The summed E-state index contributed by atoms with van der Waals surface area (Å²) in [5, 5.41) is 5.88. The Morgan fingerprint density at radius 1 is 1.14 bits per heavy atom. The Labute approximate surface area is 162 Å². The summed E-state index contributed by atoms with van der Waals surface area (Å²) in [5.41, 5.74) is 0.304. The summed E-state index contributed by atoms with van der Waals surface area (Å²) in [6, 6.07) is 6.86. The highest BCUT2D eigenvalue weighted by Crippen LogP contribution is 2.30. The number of aryl methyl sites for hydroxylation is 1. The largest absolute Gasteiger partial charge is 0.350 e. The Bertz CT molecular complexity index is 879. The van der Waals surface area contributed by atoms with E-state index in [1.807, 2.05) is 13.8 Å². The smallest absolute Gasteiger partial charge is 0.256 e. The Kier molecular flexibility index (Phi) is 5.93. The Morgan fingerprint density at radius 2 is 1.86 bits per heavy atom. The number of nitrogens with one attached hydrogen (secondary N) is 2. The molecule has 0 atom stereocenters. The predicted molar refractivity (Wildman–Crippen MR) is 103 cm³/mol. The average molecular weight is 391 g/mol. The highest BCUT2D eigenvalue weighted by molar-refractivity contribution is 6.01. The van der Waals surface area contributed by atoms with Crippen LogP contribution in [0.3, 0.4) is 0 Å². The normalized spacial score (nSPS) is 14.3. The molecule has 1 saturated heterocycles. The fraction of sp³-hybridized carbons (Fsp3) is 0.381. The van der Waals surface area contributed by atoms with Crippen molar-refractivity contribution in [1.29, 1.82) is 0 Å². The van der Waals surface area contributed by atoms with E-state index in [1.54, 1.807) is 17.9 Å². The van der Waals surface area contributed by atoms with E-state index in [9.17, 15) is 18.0 Å². The SMILES string of the molecule is Cc1ccc(Nc2c(C(=O)N3CC(CNC(C)C)C3)ccc(F)c2F)c(F)c1. The lowest BCUT2D eigenvalue weighted by atomic mass is 9.98. The van der Waals surface area contributed by atoms with Crippen LogP contribution in [0.1, 0.15) is 29.8 Å². The third kappa shape index (κ3) is 4.30. The number of likely N-dealkylation sites (tertiary alicyclic amines) is 1. The van der Waals surface area contributed by atoms with Crippen molar-refractivity contribution in [3.05, 3.63) is 58.9 Å². The molecule has 2 N–H and O–H groups in total. The lowest BCUT2D eigenvalue weighted by Crippen LogP contribution is -2.53. The zero-order chi connectivity index (χ0) is 20.4. The van der Waals surface area contributed by atoms with E-state index >= 15 is 0 Å². The second-order valence-corrected chi connectivity index (χ2v) is 7.53. The summed E-state index contributed by atoms with van der Waals surface area (Å²) >= 11 is 0. The molecule has 7 heteroatoms. The van der Waals surface area contributed by atoms with Crippen molar-refractivity contribution in [2.24, 2.45) is 5.92 Å². The van der Waals surface area contributed by atoms with E-state index in [2.05, 4.69) is 10.6 Å². The molecule has 2 aromatic rings. The lowest BCUT2D eigenvalue weighted by molar-refractivity contribution is 0.0498. The van der Waals surface area contributed by atoms with Gasteiger partial charge in [0.1, 0.15) is 5.82 Å².